The molecule has 2 N–H and O–H groups in total. The van der Waals surface area contributed by atoms with E-state index in [1.54, 1.807) is 0 Å². The second-order valence-electron chi connectivity index (χ2n) is 8.73. The molecule has 2 aromatic carbocycles. The van der Waals surface area contributed by atoms with Crippen molar-refractivity contribution in [2.45, 2.75) is 64.4 Å². The molecule has 33 heavy (non-hydrogen) atoms. The Morgan fingerprint density at radius 1 is 0.939 bits per heavy atom. The Hall–Kier alpha value is -2.86. The first-order valence-corrected chi connectivity index (χ1v) is 11.9. The van der Waals surface area contributed by atoms with E-state index in [4.69, 9.17) is 16.3 Å². The molecule has 0 saturated heterocycles. The molecule has 174 valence electrons. The number of anilines is 2. The molecule has 2 amide bonds. The first-order valence-electron chi connectivity index (χ1n) is 11.5. The summed E-state index contributed by atoms with van der Waals surface area (Å²) in [5.74, 6) is -1.06. The zero-order chi connectivity index (χ0) is 23.4. The molecule has 0 heterocycles. The number of rotatable bonds is 6. The minimum Gasteiger partial charge on any atom is -0.489 e. The Balaban J connectivity index is 1.53. The van der Waals surface area contributed by atoms with E-state index < -0.39 is 11.7 Å². The monoisotopic (exact) mass is 470 g/mol. The van der Waals surface area contributed by atoms with Crippen molar-refractivity contribution in [1.82, 2.24) is 0 Å². The Morgan fingerprint density at radius 3 is 2.18 bits per heavy atom. The molecule has 5 nitrogen and oxygen atoms in total. The molecule has 2 aliphatic carbocycles. The van der Waals surface area contributed by atoms with Gasteiger partial charge in [-0.2, -0.15) is 0 Å². The van der Waals surface area contributed by atoms with Crippen LogP contribution in [0.4, 0.5) is 15.8 Å². The number of carbonyl (C=O) groups excluding carboxylic acids is 2. The number of aryl methyl sites for hydroxylation is 1. The lowest BCUT2D eigenvalue weighted by Crippen LogP contribution is -2.25. The molecule has 0 bridgehead atoms. The quantitative estimate of drug-likeness (QED) is 0.502. The summed E-state index contributed by atoms with van der Waals surface area (Å²) >= 11 is 6.18. The van der Waals surface area contributed by atoms with Gasteiger partial charge >= 0.3 is 0 Å². The van der Waals surface area contributed by atoms with Crippen molar-refractivity contribution in [1.29, 1.82) is 0 Å². The number of hydrogen-bond donors (Lipinski definition) is 2. The van der Waals surface area contributed by atoms with Crippen LogP contribution in [0.5, 0.6) is 5.75 Å². The number of nitrogens with one attached hydrogen (secondary N) is 2. The average Bonchev–Trinajstić information content (AvgIpc) is 3.31. The third-order valence-corrected chi connectivity index (χ3v) is 6.49. The highest BCUT2D eigenvalue weighted by Crippen LogP contribution is 2.35. The first kappa shape index (κ1) is 23.3. The van der Waals surface area contributed by atoms with Gasteiger partial charge in [0.1, 0.15) is 11.6 Å². The number of hydrogen-bond acceptors (Lipinski definition) is 3. The van der Waals surface area contributed by atoms with Crippen molar-refractivity contribution in [3.8, 4) is 5.75 Å². The molecule has 0 unspecified atom stereocenters. The van der Waals surface area contributed by atoms with Crippen LogP contribution in [0.15, 0.2) is 47.5 Å². The van der Waals surface area contributed by atoms with Crippen LogP contribution < -0.4 is 15.4 Å². The van der Waals surface area contributed by atoms with E-state index in [9.17, 15) is 14.0 Å². The van der Waals surface area contributed by atoms with E-state index in [0.29, 0.717) is 35.4 Å². The van der Waals surface area contributed by atoms with Gasteiger partial charge < -0.3 is 15.4 Å². The van der Waals surface area contributed by atoms with Crippen LogP contribution in [0, 0.1) is 12.7 Å². The van der Waals surface area contributed by atoms with Gasteiger partial charge in [-0.05, 0) is 76.5 Å². The van der Waals surface area contributed by atoms with Crippen molar-refractivity contribution >= 4 is 34.8 Å². The summed E-state index contributed by atoms with van der Waals surface area (Å²) in [4.78, 5) is 26.0. The molecule has 0 radical (unpaired) electrons. The standard InChI is InChI=1S/C26H28ClFN2O3/c1-16-10-12-17(13-11-16)29-25(31)19-8-4-5-9-20(19)26(32)30-23-15-24(21(27)14-22(23)28)33-18-6-2-3-7-18/h10-15,18H,2-9H2,1H3,(H,29,31)(H,30,32). The number of carbonyl (C=O) groups is 2. The van der Waals surface area contributed by atoms with Crippen molar-refractivity contribution in [2.75, 3.05) is 10.6 Å². The van der Waals surface area contributed by atoms with Crippen molar-refractivity contribution in [2.24, 2.45) is 0 Å². The molecule has 2 aliphatic rings. The third kappa shape index (κ3) is 5.74. The summed E-state index contributed by atoms with van der Waals surface area (Å²) in [6.07, 6.45) is 6.68. The van der Waals surface area contributed by atoms with Gasteiger partial charge in [-0.15, -0.1) is 0 Å². The fraction of sp³-hybridized carbons (Fsp3) is 0.385. The fourth-order valence-corrected chi connectivity index (χ4v) is 4.54. The molecule has 1 saturated carbocycles. The molecular weight excluding hydrogens is 443 g/mol. The number of amides is 2. The SMILES string of the molecule is Cc1ccc(NC(=O)C2=C(C(=O)Nc3cc(OC4CCCC4)c(Cl)cc3F)CCCC2)cc1. The number of halogens is 2. The average molecular weight is 471 g/mol. The Kier molecular flexibility index (Phi) is 7.33. The minimum atomic E-state index is -0.644. The predicted molar refractivity (Wildman–Crippen MR) is 128 cm³/mol. The Morgan fingerprint density at radius 2 is 1.55 bits per heavy atom. The van der Waals surface area contributed by atoms with Crippen LogP contribution in [-0.4, -0.2) is 17.9 Å². The van der Waals surface area contributed by atoms with Crippen LogP contribution in [0.3, 0.4) is 0 Å². The number of benzene rings is 2. The van der Waals surface area contributed by atoms with E-state index in [-0.39, 0.29) is 22.7 Å². The smallest absolute Gasteiger partial charge is 0.252 e. The van der Waals surface area contributed by atoms with Gasteiger partial charge in [0.05, 0.1) is 16.8 Å². The van der Waals surface area contributed by atoms with Crippen molar-refractivity contribution in [3.05, 3.63) is 63.9 Å². The van der Waals surface area contributed by atoms with E-state index in [1.165, 1.54) is 6.07 Å². The maximum absolute atomic E-state index is 14.6. The van der Waals surface area contributed by atoms with E-state index in [2.05, 4.69) is 10.6 Å². The fourth-order valence-electron chi connectivity index (χ4n) is 4.35. The topological polar surface area (TPSA) is 67.4 Å². The third-order valence-electron chi connectivity index (χ3n) is 6.19. The summed E-state index contributed by atoms with van der Waals surface area (Å²) in [7, 11) is 0. The minimum absolute atomic E-state index is 0.00577. The highest BCUT2D eigenvalue weighted by Gasteiger charge is 2.25. The van der Waals surface area contributed by atoms with Gasteiger partial charge in [-0.25, -0.2) is 4.39 Å². The molecule has 0 spiro atoms. The maximum atomic E-state index is 14.6. The van der Waals surface area contributed by atoms with Crippen LogP contribution in [0.25, 0.3) is 0 Å². The van der Waals surface area contributed by atoms with Gasteiger partial charge in [0.2, 0.25) is 0 Å². The van der Waals surface area contributed by atoms with Crippen LogP contribution in [-0.2, 0) is 9.59 Å². The molecule has 0 atom stereocenters. The predicted octanol–water partition coefficient (Wildman–Crippen LogP) is 6.56. The van der Waals surface area contributed by atoms with Crippen LogP contribution in [0.2, 0.25) is 5.02 Å². The van der Waals surface area contributed by atoms with Gasteiger partial charge in [0.25, 0.3) is 11.8 Å². The second-order valence-corrected chi connectivity index (χ2v) is 9.13. The molecular formula is C26H28ClFN2O3. The van der Waals surface area contributed by atoms with E-state index >= 15 is 0 Å². The summed E-state index contributed by atoms with van der Waals surface area (Å²) in [5.41, 5.74) is 2.58. The largest absolute Gasteiger partial charge is 0.489 e. The molecule has 7 heteroatoms. The molecule has 1 fully saturated rings. The zero-order valence-corrected chi connectivity index (χ0v) is 19.4. The van der Waals surface area contributed by atoms with Crippen LogP contribution in [0.1, 0.15) is 56.9 Å². The molecule has 0 aliphatic heterocycles. The lowest BCUT2D eigenvalue weighted by Gasteiger charge is -2.20. The summed E-state index contributed by atoms with van der Waals surface area (Å²) < 4.78 is 20.5. The highest BCUT2D eigenvalue weighted by atomic mass is 35.5. The molecule has 4 rings (SSSR count). The maximum Gasteiger partial charge on any atom is 0.252 e. The normalized spacial score (nSPS) is 16.6. The molecule has 0 aromatic heterocycles. The van der Waals surface area contributed by atoms with Gasteiger partial charge in [0.15, 0.2) is 0 Å². The number of ether oxygens (including phenoxy) is 1. The summed E-state index contributed by atoms with van der Waals surface area (Å²) in [6, 6.07) is 10.1. The summed E-state index contributed by atoms with van der Waals surface area (Å²) in [5, 5.41) is 5.68. The van der Waals surface area contributed by atoms with E-state index in [1.807, 2.05) is 31.2 Å². The lowest BCUT2D eigenvalue weighted by atomic mass is 9.90. The zero-order valence-electron chi connectivity index (χ0n) is 18.7. The van der Waals surface area contributed by atoms with Crippen molar-refractivity contribution in [3.63, 3.8) is 0 Å². The van der Waals surface area contributed by atoms with Crippen LogP contribution >= 0.6 is 11.6 Å². The summed E-state index contributed by atoms with van der Waals surface area (Å²) in [6.45, 7) is 1.97. The van der Waals surface area contributed by atoms with Gasteiger partial charge in [0, 0.05) is 22.9 Å². The second kappa shape index (κ2) is 10.4. The van der Waals surface area contributed by atoms with Gasteiger partial charge in [-0.1, -0.05) is 29.3 Å². The Bertz CT molecular complexity index is 1080. The Labute approximate surface area is 198 Å². The van der Waals surface area contributed by atoms with E-state index in [0.717, 1.165) is 50.2 Å². The van der Waals surface area contributed by atoms with Gasteiger partial charge in [-0.3, -0.25) is 9.59 Å². The molecule has 2 aromatic rings. The highest BCUT2D eigenvalue weighted by molar-refractivity contribution is 6.32. The first-order chi connectivity index (χ1) is 15.9. The lowest BCUT2D eigenvalue weighted by molar-refractivity contribution is -0.115. The van der Waals surface area contributed by atoms with Crippen molar-refractivity contribution < 1.29 is 18.7 Å².